The van der Waals surface area contributed by atoms with Crippen molar-refractivity contribution in [3.05, 3.63) is 106 Å². The largest absolute Gasteiger partial charge is 0.301 e. The Balaban J connectivity index is 1.58. The third kappa shape index (κ3) is 4.13. The van der Waals surface area contributed by atoms with E-state index in [0.29, 0.717) is 22.1 Å². The van der Waals surface area contributed by atoms with E-state index in [2.05, 4.69) is 26.4 Å². The van der Waals surface area contributed by atoms with E-state index in [1.807, 2.05) is 66.0 Å². The average Bonchev–Trinajstić information content (AvgIpc) is 3.49. The molecule has 0 saturated carbocycles. The molecule has 3 aromatic carbocycles. The maximum atomic E-state index is 13.3. The van der Waals surface area contributed by atoms with Gasteiger partial charge in [0.1, 0.15) is 0 Å². The molecule has 0 spiro atoms. The monoisotopic (exact) mass is 448 g/mol. The summed E-state index contributed by atoms with van der Waals surface area (Å²) in [7, 11) is 0. The van der Waals surface area contributed by atoms with E-state index in [1.54, 1.807) is 24.3 Å². The van der Waals surface area contributed by atoms with Gasteiger partial charge in [-0.3, -0.25) is 9.89 Å². The molecular weight excluding hydrogens is 432 g/mol. The van der Waals surface area contributed by atoms with Crippen LogP contribution in [0.3, 0.4) is 0 Å². The molecule has 0 aliphatic heterocycles. The van der Waals surface area contributed by atoms with Crippen LogP contribution in [0.15, 0.2) is 105 Å². The van der Waals surface area contributed by atoms with Crippen LogP contribution in [0.5, 0.6) is 0 Å². The fourth-order valence-electron chi connectivity index (χ4n) is 3.28. The molecule has 0 amide bonds. The van der Waals surface area contributed by atoms with E-state index < -0.39 is 0 Å². The molecule has 1 N–H and O–H groups in total. The molecule has 0 bridgehead atoms. The first-order valence-electron chi connectivity index (χ1n) is 10.1. The van der Waals surface area contributed by atoms with E-state index in [0.717, 1.165) is 16.8 Å². The minimum atomic E-state index is -0.347. The number of hydrogen-bond acceptors (Lipinski definition) is 6. The SMILES string of the molecule is N#Cc1ccc(N=Nc2c(-c3ccccc3)[nH]n(-c3nc(-c4ccccc4)cs3)c2=O)cc1. The Morgan fingerprint density at radius 3 is 2.21 bits per heavy atom. The highest BCUT2D eigenvalue weighted by atomic mass is 32.1. The fraction of sp³-hybridized carbons (Fsp3) is 0. The zero-order valence-electron chi connectivity index (χ0n) is 17.2. The topological polar surface area (TPSA) is 99.2 Å². The number of H-pyrrole nitrogens is 1. The number of hydrogen-bond donors (Lipinski definition) is 1. The summed E-state index contributed by atoms with van der Waals surface area (Å²) in [6.45, 7) is 0. The van der Waals surface area contributed by atoms with Gasteiger partial charge in [-0.25, -0.2) is 4.98 Å². The molecule has 0 radical (unpaired) electrons. The molecule has 0 unspecified atom stereocenters. The van der Waals surface area contributed by atoms with Gasteiger partial charge in [-0.1, -0.05) is 60.7 Å². The molecule has 0 aliphatic rings. The van der Waals surface area contributed by atoms with Crippen LogP contribution in [-0.2, 0) is 0 Å². The Kier molecular flexibility index (Phi) is 5.45. The lowest BCUT2D eigenvalue weighted by molar-refractivity contribution is 0.843. The number of nitrogens with zero attached hydrogens (tertiary/aromatic N) is 5. The van der Waals surface area contributed by atoms with Gasteiger partial charge in [-0.05, 0) is 24.3 Å². The van der Waals surface area contributed by atoms with Crippen LogP contribution in [0.4, 0.5) is 11.4 Å². The molecule has 7 nitrogen and oxygen atoms in total. The number of aromatic nitrogens is 3. The van der Waals surface area contributed by atoms with Crippen molar-refractivity contribution in [3.63, 3.8) is 0 Å². The fourth-order valence-corrected chi connectivity index (χ4v) is 4.07. The first-order valence-corrected chi connectivity index (χ1v) is 10.9. The second kappa shape index (κ2) is 8.86. The first-order chi connectivity index (χ1) is 16.2. The van der Waals surface area contributed by atoms with Crippen LogP contribution < -0.4 is 5.56 Å². The number of thiazole rings is 1. The second-order valence-electron chi connectivity index (χ2n) is 7.08. The number of nitrogens with one attached hydrogen (secondary N) is 1. The predicted molar refractivity (Wildman–Crippen MR) is 128 cm³/mol. The van der Waals surface area contributed by atoms with E-state index in [1.165, 1.54) is 16.0 Å². The number of nitriles is 1. The van der Waals surface area contributed by atoms with Gasteiger partial charge in [0.05, 0.1) is 28.7 Å². The number of azo groups is 1. The summed E-state index contributed by atoms with van der Waals surface area (Å²) in [5.41, 5.74) is 4.03. The first kappa shape index (κ1) is 20.3. The van der Waals surface area contributed by atoms with Crippen molar-refractivity contribution < 1.29 is 0 Å². The molecule has 0 aliphatic carbocycles. The third-order valence-corrected chi connectivity index (χ3v) is 5.77. The summed E-state index contributed by atoms with van der Waals surface area (Å²) < 4.78 is 1.40. The lowest BCUT2D eigenvalue weighted by Crippen LogP contribution is -2.13. The van der Waals surface area contributed by atoms with Crippen molar-refractivity contribution in [1.82, 2.24) is 14.8 Å². The molecule has 2 heterocycles. The van der Waals surface area contributed by atoms with Crippen LogP contribution in [-0.4, -0.2) is 14.8 Å². The van der Waals surface area contributed by atoms with Crippen molar-refractivity contribution in [2.75, 3.05) is 0 Å². The lowest BCUT2D eigenvalue weighted by Gasteiger charge is -1.99. The molecule has 2 aromatic heterocycles. The van der Waals surface area contributed by atoms with Gasteiger partial charge in [-0.2, -0.15) is 15.1 Å². The Morgan fingerprint density at radius 2 is 1.55 bits per heavy atom. The highest BCUT2D eigenvalue weighted by molar-refractivity contribution is 7.12. The molecule has 33 heavy (non-hydrogen) atoms. The maximum Gasteiger partial charge on any atom is 0.301 e. The van der Waals surface area contributed by atoms with Gasteiger partial charge in [0.2, 0.25) is 5.13 Å². The Labute approximate surface area is 192 Å². The maximum absolute atomic E-state index is 13.3. The summed E-state index contributed by atoms with van der Waals surface area (Å²) in [5.74, 6) is 0. The molecule has 8 heteroatoms. The van der Waals surface area contributed by atoms with Crippen molar-refractivity contribution in [2.45, 2.75) is 0 Å². The molecule has 0 atom stereocenters. The van der Waals surface area contributed by atoms with Crippen molar-refractivity contribution in [1.29, 1.82) is 5.26 Å². The van der Waals surface area contributed by atoms with Gasteiger partial charge >= 0.3 is 5.56 Å². The average molecular weight is 449 g/mol. The van der Waals surface area contributed by atoms with E-state index in [-0.39, 0.29) is 11.2 Å². The third-order valence-electron chi connectivity index (χ3n) is 4.94. The quantitative estimate of drug-likeness (QED) is 0.322. The van der Waals surface area contributed by atoms with Crippen LogP contribution in [0, 0.1) is 11.3 Å². The van der Waals surface area contributed by atoms with Gasteiger partial charge < -0.3 is 0 Å². The molecule has 0 saturated heterocycles. The van der Waals surface area contributed by atoms with Gasteiger partial charge in [0, 0.05) is 16.5 Å². The van der Waals surface area contributed by atoms with E-state index in [9.17, 15) is 4.79 Å². The Morgan fingerprint density at radius 1 is 0.879 bits per heavy atom. The smallest absolute Gasteiger partial charge is 0.286 e. The van der Waals surface area contributed by atoms with Gasteiger partial charge in [0.15, 0.2) is 5.69 Å². The second-order valence-corrected chi connectivity index (χ2v) is 7.92. The van der Waals surface area contributed by atoms with Crippen LogP contribution >= 0.6 is 11.3 Å². The molecular formula is C25H16N6OS. The number of rotatable bonds is 5. The zero-order chi connectivity index (χ0) is 22.6. The molecule has 5 aromatic rings. The Bertz CT molecular complexity index is 1520. The van der Waals surface area contributed by atoms with Crippen molar-refractivity contribution >= 4 is 22.7 Å². The molecule has 158 valence electrons. The van der Waals surface area contributed by atoms with Crippen molar-refractivity contribution in [2.24, 2.45) is 10.2 Å². The van der Waals surface area contributed by atoms with Crippen molar-refractivity contribution in [3.8, 4) is 33.7 Å². The van der Waals surface area contributed by atoms with Crippen LogP contribution in [0.2, 0.25) is 0 Å². The van der Waals surface area contributed by atoms with Gasteiger partial charge in [0.25, 0.3) is 0 Å². The molecule has 0 fully saturated rings. The van der Waals surface area contributed by atoms with Crippen LogP contribution in [0.25, 0.3) is 27.6 Å². The predicted octanol–water partition coefficient (Wildman–Crippen LogP) is 6.24. The normalized spacial score (nSPS) is 11.0. The summed E-state index contributed by atoms with van der Waals surface area (Å²) in [5, 5.41) is 23.0. The van der Waals surface area contributed by atoms with E-state index in [4.69, 9.17) is 5.26 Å². The zero-order valence-corrected chi connectivity index (χ0v) is 18.0. The summed E-state index contributed by atoms with van der Waals surface area (Å²) >= 11 is 1.37. The standard InChI is InChI=1S/C25H16N6OS/c26-15-17-11-13-20(14-12-17)28-29-23-22(19-9-5-2-6-10-19)30-31(24(23)32)25-27-21(16-33-25)18-7-3-1-4-8-18/h1-14,16,30H. The molecule has 5 rings (SSSR count). The van der Waals surface area contributed by atoms with E-state index >= 15 is 0 Å². The highest BCUT2D eigenvalue weighted by Gasteiger charge is 2.19. The Hall–Kier alpha value is -4.61. The summed E-state index contributed by atoms with van der Waals surface area (Å²) in [4.78, 5) is 18.0. The lowest BCUT2D eigenvalue weighted by atomic mass is 10.1. The summed E-state index contributed by atoms with van der Waals surface area (Å²) in [6.07, 6.45) is 0. The van der Waals surface area contributed by atoms with Crippen LogP contribution in [0.1, 0.15) is 5.56 Å². The minimum Gasteiger partial charge on any atom is -0.286 e. The summed E-state index contributed by atoms with van der Waals surface area (Å²) in [6, 6.07) is 28.0. The number of benzene rings is 3. The number of aromatic amines is 1. The highest BCUT2D eigenvalue weighted by Crippen LogP contribution is 2.29. The van der Waals surface area contributed by atoms with Gasteiger partial charge in [-0.15, -0.1) is 16.5 Å². The minimum absolute atomic E-state index is 0.182.